The summed E-state index contributed by atoms with van der Waals surface area (Å²) in [5.41, 5.74) is 0.601. The van der Waals surface area contributed by atoms with Gasteiger partial charge in [-0.25, -0.2) is 0 Å². The summed E-state index contributed by atoms with van der Waals surface area (Å²) in [6.45, 7) is 1.86. The molecule has 0 saturated carbocycles. The predicted octanol–water partition coefficient (Wildman–Crippen LogP) is 3.83. The first kappa shape index (κ1) is 15.6. The first-order valence-corrected chi connectivity index (χ1v) is 7.50. The number of hydrogen-bond donors (Lipinski definition) is 2. The molecule has 0 bridgehead atoms. The number of amides is 1. The second-order valence-electron chi connectivity index (χ2n) is 5.14. The summed E-state index contributed by atoms with van der Waals surface area (Å²) in [5.74, 6) is 2.28. The zero-order chi connectivity index (χ0) is 16.8. The Kier molecular flexibility index (Phi) is 4.76. The minimum Gasteiger partial charge on any atom is -0.455 e. The number of nitrogens with zero attached hydrogens (tertiary/aromatic N) is 1. The minimum absolute atomic E-state index is 0.0750. The van der Waals surface area contributed by atoms with E-state index in [1.54, 1.807) is 25.1 Å². The molecule has 24 heavy (non-hydrogen) atoms. The van der Waals surface area contributed by atoms with Gasteiger partial charge in [0.05, 0.1) is 12.2 Å². The number of hydrogen-bond acceptors (Lipinski definition) is 5. The highest BCUT2D eigenvalue weighted by atomic mass is 16.5. The third-order valence-electron chi connectivity index (χ3n) is 3.19. The Morgan fingerprint density at radius 1 is 1.12 bits per heavy atom. The smallest absolute Gasteiger partial charge is 0.243 e. The Balaban J connectivity index is 1.63. The monoisotopic (exact) mass is 323 g/mol. The van der Waals surface area contributed by atoms with Gasteiger partial charge in [0.2, 0.25) is 5.91 Å². The van der Waals surface area contributed by atoms with E-state index in [0.29, 0.717) is 28.8 Å². The maximum absolute atomic E-state index is 12.1. The number of aromatic nitrogens is 1. The number of anilines is 2. The van der Waals surface area contributed by atoms with Gasteiger partial charge in [-0.2, -0.15) is 0 Å². The molecule has 0 atom stereocenters. The fraction of sp³-hybridized carbons (Fsp3) is 0.111. The van der Waals surface area contributed by atoms with Gasteiger partial charge in [0, 0.05) is 6.07 Å². The maximum Gasteiger partial charge on any atom is 0.243 e. The number of para-hydroxylation sites is 3. The molecule has 2 aromatic carbocycles. The molecule has 0 spiro atoms. The zero-order valence-corrected chi connectivity index (χ0v) is 13.2. The van der Waals surface area contributed by atoms with Crippen molar-refractivity contribution >= 4 is 17.4 Å². The molecule has 3 rings (SSSR count). The van der Waals surface area contributed by atoms with Gasteiger partial charge in [-0.1, -0.05) is 35.5 Å². The molecule has 3 aromatic rings. The molecule has 0 aliphatic heterocycles. The summed E-state index contributed by atoms with van der Waals surface area (Å²) in [4.78, 5) is 12.1. The van der Waals surface area contributed by atoms with Crippen molar-refractivity contribution in [2.45, 2.75) is 6.92 Å². The second kappa shape index (κ2) is 7.32. The molecule has 0 saturated heterocycles. The van der Waals surface area contributed by atoms with Gasteiger partial charge < -0.3 is 19.9 Å². The van der Waals surface area contributed by atoms with Crippen molar-refractivity contribution in [2.75, 3.05) is 17.2 Å². The third-order valence-corrected chi connectivity index (χ3v) is 3.19. The van der Waals surface area contributed by atoms with Gasteiger partial charge in [-0.05, 0) is 31.2 Å². The van der Waals surface area contributed by atoms with Gasteiger partial charge in [0.15, 0.2) is 11.6 Å². The fourth-order valence-electron chi connectivity index (χ4n) is 2.09. The first-order chi connectivity index (χ1) is 11.7. The molecule has 0 radical (unpaired) electrons. The number of rotatable bonds is 6. The Labute approximate surface area is 139 Å². The van der Waals surface area contributed by atoms with Crippen LogP contribution < -0.4 is 15.4 Å². The molecule has 0 aliphatic carbocycles. The summed E-state index contributed by atoms with van der Waals surface area (Å²) in [6.07, 6.45) is 0. The topological polar surface area (TPSA) is 76.4 Å². The summed E-state index contributed by atoms with van der Waals surface area (Å²) in [7, 11) is 0. The molecule has 1 heterocycles. The van der Waals surface area contributed by atoms with Crippen LogP contribution in [0.4, 0.5) is 11.5 Å². The SMILES string of the molecule is Cc1cc(NCC(=O)Nc2ccccc2Oc2ccccc2)no1. The number of aryl methyl sites for hydroxylation is 1. The van der Waals surface area contributed by atoms with E-state index in [9.17, 15) is 4.79 Å². The van der Waals surface area contributed by atoms with Crippen molar-refractivity contribution in [1.29, 1.82) is 0 Å². The van der Waals surface area contributed by atoms with E-state index in [1.807, 2.05) is 42.5 Å². The molecular weight excluding hydrogens is 306 g/mol. The van der Waals surface area contributed by atoms with E-state index < -0.39 is 0 Å². The van der Waals surface area contributed by atoms with Crippen LogP contribution in [0.2, 0.25) is 0 Å². The van der Waals surface area contributed by atoms with Gasteiger partial charge >= 0.3 is 0 Å². The van der Waals surface area contributed by atoms with Crippen molar-refractivity contribution in [3.05, 3.63) is 66.4 Å². The van der Waals surface area contributed by atoms with Crippen LogP contribution in [0, 0.1) is 6.92 Å². The Bertz CT molecular complexity index is 815. The molecule has 6 heteroatoms. The third kappa shape index (κ3) is 4.13. The van der Waals surface area contributed by atoms with Gasteiger partial charge in [0.25, 0.3) is 0 Å². The van der Waals surface area contributed by atoms with Crippen molar-refractivity contribution < 1.29 is 14.1 Å². The van der Waals surface area contributed by atoms with Crippen molar-refractivity contribution in [3.63, 3.8) is 0 Å². The molecule has 0 unspecified atom stereocenters. The molecular formula is C18H17N3O3. The van der Waals surface area contributed by atoms with E-state index in [2.05, 4.69) is 15.8 Å². The van der Waals surface area contributed by atoms with E-state index in [-0.39, 0.29) is 12.5 Å². The predicted molar refractivity (Wildman–Crippen MR) is 91.3 cm³/mol. The van der Waals surface area contributed by atoms with E-state index >= 15 is 0 Å². The Hall–Kier alpha value is -3.28. The fourth-order valence-corrected chi connectivity index (χ4v) is 2.09. The molecule has 122 valence electrons. The molecule has 1 amide bonds. The van der Waals surface area contributed by atoms with Crippen molar-refractivity contribution in [1.82, 2.24) is 5.16 Å². The maximum atomic E-state index is 12.1. The Morgan fingerprint density at radius 3 is 2.62 bits per heavy atom. The average Bonchev–Trinajstić information content (AvgIpc) is 3.01. The lowest BCUT2D eigenvalue weighted by atomic mass is 10.3. The molecule has 0 aliphatic rings. The largest absolute Gasteiger partial charge is 0.455 e. The van der Waals surface area contributed by atoms with Crippen LogP contribution in [0.15, 0.2) is 65.2 Å². The standard InChI is InChI=1S/C18H17N3O3/c1-13-11-17(21-24-13)19-12-18(22)20-15-9-5-6-10-16(15)23-14-7-3-2-4-8-14/h2-11H,12H2,1H3,(H,19,21)(H,20,22). The number of carbonyl (C=O) groups is 1. The summed E-state index contributed by atoms with van der Waals surface area (Å²) in [6, 6.07) is 18.4. The lowest BCUT2D eigenvalue weighted by Crippen LogP contribution is -2.22. The van der Waals surface area contributed by atoms with Gasteiger partial charge in [-0.15, -0.1) is 0 Å². The van der Waals surface area contributed by atoms with Crippen LogP contribution in [0.25, 0.3) is 0 Å². The summed E-state index contributed by atoms with van der Waals surface area (Å²) >= 11 is 0. The number of carbonyl (C=O) groups excluding carboxylic acids is 1. The first-order valence-electron chi connectivity index (χ1n) is 7.50. The van der Waals surface area contributed by atoms with Gasteiger partial charge in [0.1, 0.15) is 11.5 Å². The molecule has 0 fully saturated rings. The van der Waals surface area contributed by atoms with Crippen LogP contribution in [-0.2, 0) is 4.79 Å². The average molecular weight is 323 g/mol. The zero-order valence-electron chi connectivity index (χ0n) is 13.2. The lowest BCUT2D eigenvalue weighted by Gasteiger charge is -2.12. The minimum atomic E-state index is -0.209. The van der Waals surface area contributed by atoms with Gasteiger partial charge in [-0.3, -0.25) is 4.79 Å². The molecule has 2 N–H and O–H groups in total. The normalized spacial score (nSPS) is 10.2. The van der Waals surface area contributed by atoms with Crippen LogP contribution >= 0.6 is 0 Å². The number of ether oxygens (including phenoxy) is 1. The van der Waals surface area contributed by atoms with Crippen LogP contribution in [-0.4, -0.2) is 17.6 Å². The van der Waals surface area contributed by atoms with Crippen molar-refractivity contribution in [2.24, 2.45) is 0 Å². The van der Waals surface area contributed by atoms with Crippen molar-refractivity contribution in [3.8, 4) is 11.5 Å². The summed E-state index contributed by atoms with van der Waals surface area (Å²) in [5, 5.41) is 9.50. The lowest BCUT2D eigenvalue weighted by molar-refractivity contribution is -0.114. The highest BCUT2D eigenvalue weighted by Gasteiger charge is 2.09. The Morgan fingerprint density at radius 2 is 1.88 bits per heavy atom. The molecule has 6 nitrogen and oxygen atoms in total. The van der Waals surface area contributed by atoms with E-state index in [1.165, 1.54) is 0 Å². The van der Waals surface area contributed by atoms with Crippen LogP contribution in [0.1, 0.15) is 5.76 Å². The number of benzene rings is 2. The van der Waals surface area contributed by atoms with E-state index in [4.69, 9.17) is 9.26 Å². The van der Waals surface area contributed by atoms with Crippen LogP contribution in [0.3, 0.4) is 0 Å². The van der Waals surface area contributed by atoms with E-state index in [0.717, 1.165) is 0 Å². The highest BCUT2D eigenvalue weighted by Crippen LogP contribution is 2.28. The molecule has 1 aromatic heterocycles. The second-order valence-corrected chi connectivity index (χ2v) is 5.14. The quantitative estimate of drug-likeness (QED) is 0.721. The summed E-state index contributed by atoms with van der Waals surface area (Å²) < 4.78 is 10.8. The highest BCUT2D eigenvalue weighted by molar-refractivity contribution is 5.95. The van der Waals surface area contributed by atoms with Crippen LogP contribution in [0.5, 0.6) is 11.5 Å². The number of nitrogens with one attached hydrogen (secondary N) is 2.